The number of nitrogens with one attached hydrogen (secondary N) is 1. The molecule has 1 aromatic rings. The van der Waals surface area contributed by atoms with Crippen molar-refractivity contribution >= 4 is 11.7 Å². The van der Waals surface area contributed by atoms with Crippen LogP contribution in [0.3, 0.4) is 0 Å². The van der Waals surface area contributed by atoms with Gasteiger partial charge in [-0.05, 0) is 18.9 Å². The van der Waals surface area contributed by atoms with E-state index in [0.717, 1.165) is 26.1 Å². The maximum absolute atomic E-state index is 11.6. The van der Waals surface area contributed by atoms with Crippen LogP contribution in [-0.4, -0.2) is 34.9 Å². The molecule has 6 nitrogen and oxygen atoms in total. The third-order valence-corrected chi connectivity index (χ3v) is 2.55. The average Bonchev–Trinajstić information content (AvgIpc) is 2.65. The number of hydrogen-bond acceptors (Lipinski definition) is 4. The molecule has 6 heteroatoms. The summed E-state index contributed by atoms with van der Waals surface area (Å²) in [4.78, 5) is 11.6. The topological polar surface area (TPSA) is 82.2 Å². The van der Waals surface area contributed by atoms with Crippen LogP contribution in [0.5, 0.6) is 0 Å². The number of carbonyl (C=O) groups excluding carboxylic acids is 1. The van der Waals surface area contributed by atoms with E-state index in [1.165, 1.54) is 4.68 Å². The van der Waals surface area contributed by atoms with Gasteiger partial charge in [-0.2, -0.15) is 5.10 Å². The predicted molar refractivity (Wildman–Crippen MR) is 58.6 cm³/mol. The molecule has 1 aromatic heterocycles. The highest BCUT2D eigenvalue weighted by molar-refractivity contribution is 5.76. The molecule has 1 amide bonds. The summed E-state index contributed by atoms with van der Waals surface area (Å²) >= 11 is 0. The van der Waals surface area contributed by atoms with E-state index < -0.39 is 0 Å². The van der Waals surface area contributed by atoms with Crippen molar-refractivity contribution in [1.82, 2.24) is 15.1 Å². The molecule has 2 rings (SSSR count). The molecule has 1 fully saturated rings. The van der Waals surface area contributed by atoms with E-state index >= 15 is 0 Å². The number of amides is 1. The molecule has 0 unspecified atom stereocenters. The maximum atomic E-state index is 11.6. The standard InChI is InChI=1S/C10H16N4O2/c11-9-1-4-14(13-9)7-10(15)12-8-2-5-16-6-3-8/h1,4,8H,2-3,5-7H2,(H2,11,13)(H,12,15). The molecule has 1 aliphatic heterocycles. The lowest BCUT2D eigenvalue weighted by Gasteiger charge is -2.23. The number of anilines is 1. The van der Waals surface area contributed by atoms with Crippen molar-refractivity contribution in [3.63, 3.8) is 0 Å². The highest BCUT2D eigenvalue weighted by Crippen LogP contribution is 2.06. The van der Waals surface area contributed by atoms with Gasteiger partial charge in [0.2, 0.25) is 5.91 Å². The number of nitrogens with two attached hydrogens (primary N) is 1. The van der Waals surface area contributed by atoms with Gasteiger partial charge in [-0.25, -0.2) is 0 Å². The van der Waals surface area contributed by atoms with Crippen LogP contribution < -0.4 is 11.1 Å². The Hall–Kier alpha value is -1.56. The molecule has 0 radical (unpaired) electrons. The average molecular weight is 224 g/mol. The van der Waals surface area contributed by atoms with Crippen LogP contribution in [0.2, 0.25) is 0 Å². The molecule has 0 aliphatic carbocycles. The Morgan fingerprint density at radius 1 is 1.62 bits per heavy atom. The van der Waals surface area contributed by atoms with Crippen LogP contribution in [-0.2, 0) is 16.1 Å². The lowest BCUT2D eigenvalue weighted by molar-refractivity contribution is -0.123. The van der Waals surface area contributed by atoms with Gasteiger partial charge in [-0.3, -0.25) is 9.48 Å². The van der Waals surface area contributed by atoms with E-state index in [0.29, 0.717) is 5.82 Å². The number of ether oxygens (including phenoxy) is 1. The van der Waals surface area contributed by atoms with Crippen molar-refractivity contribution < 1.29 is 9.53 Å². The first kappa shape index (κ1) is 10.9. The zero-order valence-electron chi connectivity index (χ0n) is 9.06. The summed E-state index contributed by atoms with van der Waals surface area (Å²) in [6.45, 7) is 1.66. The molecule has 1 aliphatic rings. The van der Waals surface area contributed by atoms with Gasteiger partial charge in [0.1, 0.15) is 12.4 Å². The van der Waals surface area contributed by atoms with Gasteiger partial charge in [-0.15, -0.1) is 0 Å². The first-order valence-corrected chi connectivity index (χ1v) is 5.40. The summed E-state index contributed by atoms with van der Waals surface area (Å²) in [5, 5.41) is 6.91. The Labute approximate surface area is 93.8 Å². The summed E-state index contributed by atoms with van der Waals surface area (Å²) in [5.41, 5.74) is 5.46. The SMILES string of the molecule is Nc1ccn(CC(=O)NC2CCOCC2)n1. The van der Waals surface area contributed by atoms with Gasteiger partial charge in [0, 0.05) is 25.5 Å². The molecule has 1 saturated heterocycles. The van der Waals surface area contributed by atoms with Crippen molar-refractivity contribution in [3.05, 3.63) is 12.3 Å². The van der Waals surface area contributed by atoms with Gasteiger partial charge in [0.15, 0.2) is 0 Å². The molecule has 0 spiro atoms. The Kier molecular flexibility index (Phi) is 3.40. The van der Waals surface area contributed by atoms with E-state index in [1.54, 1.807) is 12.3 Å². The summed E-state index contributed by atoms with van der Waals surface area (Å²) < 4.78 is 6.75. The van der Waals surface area contributed by atoms with Crippen molar-refractivity contribution in [2.24, 2.45) is 0 Å². The first-order valence-electron chi connectivity index (χ1n) is 5.40. The van der Waals surface area contributed by atoms with Crippen LogP contribution in [0.4, 0.5) is 5.82 Å². The molecular weight excluding hydrogens is 208 g/mol. The Bertz CT molecular complexity index is 357. The number of hydrogen-bond donors (Lipinski definition) is 2. The Balaban J connectivity index is 1.79. The van der Waals surface area contributed by atoms with Gasteiger partial charge >= 0.3 is 0 Å². The Morgan fingerprint density at radius 3 is 3.00 bits per heavy atom. The van der Waals surface area contributed by atoms with E-state index in [1.807, 2.05) is 0 Å². The summed E-state index contributed by atoms with van der Waals surface area (Å²) in [6, 6.07) is 1.90. The minimum atomic E-state index is -0.0324. The molecule has 0 aromatic carbocycles. The highest BCUT2D eigenvalue weighted by atomic mass is 16.5. The second-order valence-electron chi connectivity index (χ2n) is 3.89. The lowest BCUT2D eigenvalue weighted by Crippen LogP contribution is -2.40. The molecular formula is C10H16N4O2. The maximum Gasteiger partial charge on any atom is 0.241 e. The fourth-order valence-electron chi connectivity index (χ4n) is 1.73. The molecule has 88 valence electrons. The van der Waals surface area contributed by atoms with Crippen molar-refractivity contribution in [2.45, 2.75) is 25.4 Å². The molecule has 16 heavy (non-hydrogen) atoms. The summed E-state index contributed by atoms with van der Waals surface area (Å²) in [7, 11) is 0. The molecule has 0 atom stereocenters. The van der Waals surface area contributed by atoms with Crippen LogP contribution in [0.15, 0.2) is 12.3 Å². The minimum Gasteiger partial charge on any atom is -0.382 e. The predicted octanol–water partition coefficient (Wildman–Crippen LogP) is -0.240. The van der Waals surface area contributed by atoms with Crippen molar-refractivity contribution in [3.8, 4) is 0 Å². The van der Waals surface area contributed by atoms with Gasteiger partial charge < -0.3 is 15.8 Å². The van der Waals surface area contributed by atoms with Gasteiger partial charge in [-0.1, -0.05) is 0 Å². The highest BCUT2D eigenvalue weighted by Gasteiger charge is 2.16. The fourth-order valence-corrected chi connectivity index (χ4v) is 1.73. The molecule has 2 heterocycles. The quantitative estimate of drug-likeness (QED) is 0.742. The number of rotatable bonds is 3. The normalized spacial score (nSPS) is 17.2. The molecule has 0 bridgehead atoms. The smallest absolute Gasteiger partial charge is 0.241 e. The van der Waals surface area contributed by atoms with Crippen molar-refractivity contribution in [1.29, 1.82) is 0 Å². The number of nitrogens with zero attached hydrogens (tertiary/aromatic N) is 2. The summed E-state index contributed by atoms with van der Waals surface area (Å²) in [5.74, 6) is 0.397. The zero-order chi connectivity index (χ0) is 11.4. The van der Waals surface area contributed by atoms with Gasteiger partial charge in [0.05, 0.1) is 0 Å². The fraction of sp³-hybridized carbons (Fsp3) is 0.600. The van der Waals surface area contributed by atoms with E-state index in [4.69, 9.17) is 10.5 Å². The van der Waals surface area contributed by atoms with E-state index in [9.17, 15) is 4.79 Å². The van der Waals surface area contributed by atoms with Gasteiger partial charge in [0.25, 0.3) is 0 Å². The zero-order valence-corrected chi connectivity index (χ0v) is 9.06. The number of aromatic nitrogens is 2. The number of carbonyl (C=O) groups is 1. The van der Waals surface area contributed by atoms with Crippen LogP contribution in [0.1, 0.15) is 12.8 Å². The number of nitrogen functional groups attached to an aromatic ring is 1. The summed E-state index contributed by atoms with van der Waals surface area (Å²) in [6.07, 6.45) is 3.46. The third-order valence-electron chi connectivity index (χ3n) is 2.55. The minimum absolute atomic E-state index is 0.0324. The van der Waals surface area contributed by atoms with E-state index in [2.05, 4.69) is 10.4 Å². The van der Waals surface area contributed by atoms with Crippen LogP contribution >= 0.6 is 0 Å². The largest absolute Gasteiger partial charge is 0.382 e. The second kappa shape index (κ2) is 4.98. The first-order chi connectivity index (χ1) is 7.74. The third kappa shape index (κ3) is 2.96. The van der Waals surface area contributed by atoms with E-state index in [-0.39, 0.29) is 18.5 Å². The Morgan fingerprint density at radius 2 is 2.38 bits per heavy atom. The van der Waals surface area contributed by atoms with Crippen molar-refractivity contribution in [2.75, 3.05) is 18.9 Å². The van der Waals surface area contributed by atoms with Crippen LogP contribution in [0.25, 0.3) is 0 Å². The monoisotopic (exact) mass is 224 g/mol. The molecule has 0 saturated carbocycles. The van der Waals surface area contributed by atoms with Crippen LogP contribution in [0, 0.1) is 0 Å². The molecule has 3 N–H and O–H groups in total. The second-order valence-corrected chi connectivity index (χ2v) is 3.89. The lowest BCUT2D eigenvalue weighted by atomic mass is 10.1.